The number of nitrogens with one attached hydrogen (secondary N) is 1. The smallest absolute Gasteiger partial charge is 0.408 e. The van der Waals surface area contributed by atoms with Gasteiger partial charge in [0, 0.05) is 19.6 Å². The topological polar surface area (TPSA) is 105 Å². The van der Waals surface area contributed by atoms with Crippen molar-refractivity contribution in [2.24, 2.45) is 5.92 Å². The molecule has 2 aromatic rings. The molecule has 9 nitrogen and oxygen atoms in total. The molecule has 2 aliphatic heterocycles. The lowest BCUT2D eigenvalue weighted by molar-refractivity contribution is -0.138. The van der Waals surface area contributed by atoms with E-state index in [1.807, 2.05) is 13.8 Å². The second-order valence-corrected chi connectivity index (χ2v) is 8.10. The number of benzene rings is 1. The first-order chi connectivity index (χ1) is 13.8. The fraction of sp³-hybridized carbons (Fsp3) is 0.500. The van der Waals surface area contributed by atoms with Gasteiger partial charge in [-0.3, -0.25) is 19.5 Å². The molecule has 29 heavy (non-hydrogen) atoms. The van der Waals surface area contributed by atoms with Gasteiger partial charge in [-0.15, -0.1) is 0 Å². The van der Waals surface area contributed by atoms with Crippen LogP contribution in [0.15, 0.2) is 33.5 Å². The minimum Gasteiger partial charge on any atom is -0.408 e. The van der Waals surface area contributed by atoms with Crippen molar-refractivity contribution in [3.63, 3.8) is 0 Å². The lowest BCUT2D eigenvalue weighted by Gasteiger charge is -2.42. The normalized spacial score (nSPS) is 18.9. The number of hydrogen-bond donors (Lipinski definition) is 1. The molecule has 0 radical (unpaired) electrons. The number of hydrogen-bond acceptors (Lipinski definition) is 5. The van der Waals surface area contributed by atoms with Crippen molar-refractivity contribution < 1.29 is 18.8 Å². The number of urea groups is 1. The van der Waals surface area contributed by atoms with Crippen molar-refractivity contribution in [1.82, 2.24) is 19.7 Å². The molecule has 154 valence electrons. The third-order valence-electron chi connectivity index (χ3n) is 5.76. The Labute approximate surface area is 167 Å². The minimum atomic E-state index is -0.892. The predicted molar refractivity (Wildman–Crippen MR) is 104 cm³/mol. The van der Waals surface area contributed by atoms with E-state index in [0.717, 1.165) is 0 Å². The van der Waals surface area contributed by atoms with E-state index in [-0.39, 0.29) is 30.3 Å². The number of aromatic nitrogens is 1. The summed E-state index contributed by atoms with van der Waals surface area (Å²) in [6.45, 7) is 5.05. The Morgan fingerprint density at radius 3 is 2.55 bits per heavy atom. The molecular formula is C20H24N4O5. The van der Waals surface area contributed by atoms with Crippen LogP contribution < -0.4 is 11.1 Å². The summed E-state index contributed by atoms with van der Waals surface area (Å²) in [5.74, 6) is -0.845. The van der Waals surface area contributed by atoms with Gasteiger partial charge in [0.2, 0.25) is 5.91 Å². The number of nitrogens with zero attached hydrogens (tertiary/aromatic N) is 3. The number of likely N-dealkylation sites (tertiary alicyclic amines) is 1. The van der Waals surface area contributed by atoms with Crippen LogP contribution in [0.1, 0.15) is 26.7 Å². The highest BCUT2D eigenvalue weighted by molar-refractivity contribution is 6.07. The van der Waals surface area contributed by atoms with E-state index in [4.69, 9.17) is 4.42 Å². The number of carbonyl (C=O) groups is 3. The fourth-order valence-electron chi connectivity index (χ4n) is 4.24. The van der Waals surface area contributed by atoms with Gasteiger partial charge in [0.05, 0.1) is 5.52 Å². The summed E-state index contributed by atoms with van der Waals surface area (Å²) in [5, 5.41) is 2.43. The fourth-order valence-corrected chi connectivity index (χ4v) is 4.24. The molecule has 0 unspecified atom stereocenters. The Morgan fingerprint density at radius 2 is 1.86 bits per heavy atom. The van der Waals surface area contributed by atoms with Crippen molar-refractivity contribution in [2.45, 2.75) is 38.8 Å². The van der Waals surface area contributed by atoms with Crippen molar-refractivity contribution >= 4 is 28.9 Å². The summed E-state index contributed by atoms with van der Waals surface area (Å²) in [7, 11) is 0. The highest BCUT2D eigenvalue weighted by Crippen LogP contribution is 2.34. The second kappa shape index (κ2) is 7.06. The number of piperidine rings is 1. The van der Waals surface area contributed by atoms with Crippen LogP contribution in [0.5, 0.6) is 0 Å². The molecule has 0 bridgehead atoms. The van der Waals surface area contributed by atoms with Crippen LogP contribution in [-0.2, 0) is 16.1 Å². The Kier molecular flexibility index (Phi) is 4.68. The summed E-state index contributed by atoms with van der Waals surface area (Å²) >= 11 is 0. The zero-order valence-electron chi connectivity index (χ0n) is 16.5. The molecule has 3 heterocycles. The Bertz CT molecular complexity index is 1030. The quantitative estimate of drug-likeness (QED) is 0.776. The summed E-state index contributed by atoms with van der Waals surface area (Å²) in [6, 6.07) is 6.60. The molecule has 0 saturated carbocycles. The predicted octanol–water partition coefficient (Wildman–Crippen LogP) is 1.16. The minimum absolute atomic E-state index is 0.121. The van der Waals surface area contributed by atoms with Gasteiger partial charge in [0.1, 0.15) is 12.1 Å². The Morgan fingerprint density at radius 1 is 1.17 bits per heavy atom. The summed E-state index contributed by atoms with van der Waals surface area (Å²) in [4.78, 5) is 53.0. The number of carbonyl (C=O) groups excluding carboxylic acids is 3. The average Bonchev–Trinajstić information content (AvgIpc) is 3.11. The van der Waals surface area contributed by atoms with Gasteiger partial charge in [-0.05, 0) is 30.9 Å². The van der Waals surface area contributed by atoms with Crippen LogP contribution in [0.2, 0.25) is 0 Å². The number of oxazole rings is 1. The molecule has 2 fully saturated rings. The number of para-hydroxylation sites is 2. The lowest BCUT2D eigenvalue weighted by Crippen LogP contribution is -2.58. The summed E-state index contributed by atoms with van der Waals surface area (Å²) < 4.78 is 6.50. The number of fused-ring (bicyclic) bond motifs is 1. The molecule has 1 spiro atoms. The van der Waals surface area contributed by atoms with Gasteiger partial charge in [-0.25, -0.2) is 9.59 Å². The molecular weight excluding hydrogens is 376 g/mol. The molecule has 1 aromatic heterocycles. The van der Waals surface area contributed by atoms with Crippen LogP contribution in [0.25, 0.3) is 11.1 Å². The van der Waals surface area contributed by atoms with E-state index >= 15 is 0 Å². The van der Waals surface area contributed by atoms with Crippen molar-refractivity contribution in [2.75, 3.05) is 19.6 Å². The Balaban J connectivity index is 1.48. The molecule has 4 amide bonds. The van der Waals surface area contributed by atoms with Gasteiger partial charge in [0.15, 0.2) is 5.58 Å². The number of amides is 4. The van der Waals surface area contributed by atoms with Crippen LogP contribution in [0.4, 0.5) is 4.79 Å². The first-order valence-electron chi connectivity index (χ1n) is 9.81. The standard InChI is InChI=1S/C20H24N4O5/c1-13(2)11-24-18(27)21-17(26)20(24)7-9-22(10-8-20)16(25)12-23-14-5-3-4-6-15(14)29-19(23)28/h3-6,13H,7-12H2,1-2H3,(H,21,26,27). The first kappa shape index (κ1) is 19.2. The maximum Gasteiger partial charge on any atom is 0.420 e. The average molecular weight is 400 g/mol. The van der Waals surface area contributed by atoms with Crippen molar-refractivity contribution in [3.8, 4) is 0 Å². The van der Waals surface area contributed by atoms with E-state index in [2.05, 4.69) is 5.32 Å². The zero-order valence-corrected chi connectivity index (χ0v) is 16.5. The molecule has 9 heteroatoms. The van der Waals surface area contributed by atoms with Gasteiger partial charge >= 0.3 is 11.8 Å². The molecule has 0 atom stereocenters. The maximum atomic E-state index is 12.8. The zero-order chi connectivity index (χ0) is 20.8. The number of imide groups is 1. The van der Waals surface area contributed by atoms with E-state index in [1.54, 1.807) is 34.1 Å². The van der Waals surface area contributed by atoms with Crippen LogP contribution in [0.3, 0.4) is 0 Å². The molecule has 4 rings (SSSR count). The monoisotopic (exact) mass is 400 g/mol. The molecule has 2 aliphatic rings. The third-order valence-corrected chi connectivity index (χ3v) is 5.76. The lowest BCUT2D eigenvalue weighted by atomic mass is 9.85. The first-order valence-corrected chi connectivity index (χ1v) is 9.81. The highest BCUT2D eigenvalue weighted by atomic mass is 16.4. The molecule has 1 aromatic carbocycles. The van der Waals surface area contributed by atoms with E-state index in [1.165, 1.54) is 4.57 Å². The van der Waals surface area contributed by atoms with E-state index in [0.29, 0.717) is 43.6 Å². The molecule has 2 saturated heterocycles. The Hall–Kier alpha value is -3.10. The highest BCUT2D eigenvalue weighted by Gasteiger charge is 2.54. The molecule has 1 N–H and O–H groups in total. The maximum absolute atomic E-state index is 12.8. The van der Waals surface area contributed by atoms with Crippen LogP contribution >= 0.6 is 0 Å². The summed E-state index contributed by atoms with van der Waals surface area (Å²) in [5.41, 5.74) is 0.119. The van der Waals surface area contributed by atoms with E-state index in [9.17, 15) is 19.2 Å². The largest absolute Gasteiger partial charge is 0.420 e. The van der Waals surface area contributed by atoms with Crippen LogP contribution in [0, 0.1) is 5.92 Å². The summed E-state index contributed by atoms with van der Waals surface area (Å²) in [6.07, 6.45) is 0.758. The molecule has 0 aliphatic carbocycles. The van der Waals surface area contributed by atoms with Gasteiger partial charge in [-0.1, -0.05) is 26.0 Å². The second-order valence-electron chi connectivity index (χ2n) is 8.10. The van der Waals surface area contributed by atoms with E-state index < -0.39 is 11.3 Å². The third kappa shape index (κ3) is 3.20. The van der Waals surface area contributed by atoms with Crippen molar-refractivity contribution in [3.05, 3.63) is 34.8 Å². The van der Waals surface area contributed by atoms with Crippen molar-refractivity contribution in [1.29, 1.82) is 0 Å². The van der Waals surface area contributed by atoms with Gasteiger partial charge in [0.25, 0.3) is 5.91 Å². The van der Waals surface area contributed by atoms with Crippen LogP contribution in [-0.4, -0.2) is 57.4 Å². The number of rotatable bonds is 4. The van der Waals surface area contributed by atoms with Gasteiger partial charge in [-0.2, -0.15) is 0 Å². The SMILES string of the molecule is CC(C)CN1C(=O)NC(=O)C12CCN(C(=O)Cn1c(=O)oc3ccccc31)CC2. The van der Waals surface area contributed by atoms with Gasteiger partial charge < -0.3 is 14.2 Å².